The number of carbonyl (C=O) groups is 1. The van der Waals surface area contributed by atoms with Crippen LogP contribution in [0, 0.1) is 0 Å². The Labute approximate surface area is 204 Å². The number of ether oxygens (including phenoxy) is 1. The fourth-order valence-electron chi connectivity index (χ4n) is 5.96. The number of benzene rings is 2. The van der Waals surface area contributed by atoms with Gasteiger partial charge < -0.3 is 14.5 Å². The smallest absolute Gasteiger partial charge is 0.410 e. The maximum Gasteiger partial charge on any atom is 0.410 e. The fourth-order valence-corrected chi connectivity index (χ4v) is 5.96. The van der Waals surface area contributed by atoms with E-state index in [1.54, 1.807) is 11.1 Å². The van der Waals surface area contributed by atoms with Gasteiger partial charge in [-0.3, -0.25) is 4.90 Å². The second-order valence-electron chi connectivity index (χ2n) is 11.2. The highest BCUT2D eigenvalue weighted by Crippen LogP contribution is 2.43. The highest BCUT2D eigenvalue weighted by atomic mass is 16.6. The average molecular weight is 462 g/mol. The highest BCUT2D eigenvalue weighted by Gasteiger charge is 2.39. The van der Waals surface area contributed by atoms with Crippen LogP contribution in [-0.4, -0.2) is 66.3 Å². The Bertz CT molecular complexity index is 1070. The molecule has 1 atom stereocenters. The summed E-state index contributed by atoms with van der Waals surface area (Å²) in [6, 6.07) is 14.5. The normalized spacial score (nSPS) is 20.7. The molecule has 3 aliphatic rings. The second-order valence-corrected chi connectivity index (χ2v) is 11.2. The van der Waals surface area contributed by atoms with Crippen molar-refractivity contribution in [2.75, 3.05) is 37.6 Å². The van der Waals surface area contributed by atoms with Crippen LogP contribution in [0.15, 0.2) is 36.4 Å². The van der Waals surface area contributed by atoms with Gasteiger partial charge in [-0.2, -0.15) is 0 Å². The van der Waals surface area contributed by atoms with Crippen molar-refractivity contribution in [2.24, 2.45) is 0 Å². The molecular formula is C29H39N3O2. The monoisotopic (exact) mass is 461 g/mol. The predicted molar refractivity (Wildman–Crippen MR) is 139 cm³/mol. The third-order valence-electron chi connectivity index (χ3n) is 7.58. The Balaban J connectivity index is 1.25. The summed E-state index contributed by atoms with van der Waals surface area (Å²) in [6.07, 6.45) is 3.19. The van der Waals surface area contributed by atoms with E-state index >= 15 is 0 Å². The molecule has 2 aromatic carbocycles. The van der Waals surface area contributed by atoms with Crippen molar-refractivity contribution in [1.82, 2.24) is 9.80 Å². The Morgan fingerprint density at radius 1 is 1.03 bits per heavy atom. The molecule has 1 unspecified atom stereocenters. The number of rotatable bonds is 4. The molecule has 2 saturated heterocycles. The van der Waals surface area contributed by atoms with Crippen molar-refractivity contribution in [2.45, 2.75) is 71.6 Å². The van der Waals surface area contributed by atoms with Crippen LogP contribution >= 0.6 is 0 Å². The molecular weight excluding hydrogens is 422 g/mol. The van der Waals surface area contributed by atoms with Crippen molar-refractivity contribution in [3.05, 3.63) is 53.1 Å². The lowest BCUT2D eigenvalue weighted by Gasteiger charge is -2.52. The van der Waals surface area contributed by atoms with Crippen molar-refractivity contribution in [1.29, 1.82) is 0 Å². The summed E-state index contributed by atoms with van der Waals surface area (Å²) >= 11 is 0. The number of nitrogens with zero attached hydrogens (tertiary/aromatic N) is 3. The molecule has 0 N–H and O–H groups in total. The SMILES string of the molecule is CCCc1c(N2CC(N3CCN(C(=O)OC(C)(C)C)CC3C)C2)ccc2c1Cc1ccccc1-2. The van der Waals surface area contributed by atoms with Crippen LogP contribution in [0.4, 0.5) is 10.5 Å². The molecule has 0 radical (unpaired) electrons. The molecule has 5 rings (SSSR count). The van der Waals surface area contributed by atoms with Gasteiger partial charge in [-0.1, -0.05) is 43.7 Å². The first-order valence-corrected chi connectivity index (χ1v) is 13.0. The zero-order valence-electron chi connectivity index (χ0n) is 21.4. The van der Waals surface area contributed by atoms with Crippen molar-refractivity contribution in [3.8, 4) is 11.1 Å². The highest BCUT2D eigenvalue weighted by molar-refractivity contribution is 5.81. The molecule has 182 valence electrons. The number of hydrogen-bond donors (Lipinski definition) is 0. The van der Waals surface area contributed by atoms with Gasteiger partial charge in [0.25, 0.3) is 0 Å². The van der Waals surface area contributed by atoms with E-state index in [-0.39, 0.29) is 6.09 Å². The number of hydrogen-bond acceptors (Lipinski definition) is 4. The minimum absolute atomic E-state index is 0.183. The van der Waals surface area contributed by atoms with Crippen LogP contribution in [0.1, 0.15) is 57.7 Å². The van der Waals surface area contributed by atoms with E-state index in [0.717, 1.165) is 45.6 Å². The zero-order chi connectivity index (χ0) is 24.0. The maximum absolute atomic E-state index is 12.5. The number of carbonyl (C=O) groups excluding carboxylic acids is 1. The van der Waals surface area contributed by atoms with Crippen LogP contribution < -0.4 is 4.90 Å². The molecule has 0 saturated carbocycles. The summed E-state index contributed by atoms with van der Waals surface area (Å²) < 4.78 is 5.59. The third kappa shape index (κ3) is 4.31. The first kappa shape index (κ1) is 23.2. The summed E-state index contributed by atoms with van der Waals surface area (Å²) in [6.45, 7) is 14.9. The van der Waals surface area contributed by atoms with Gasteiger partial charge in [0, 0.05) is 50.5 Å². The minimum atomic E-state index is -0.445. The molecule has 2 heterocycles. The lowest BCUT2D eigenvalue weighted by molar-refractivity contribution is -0.00475. The van der Waals surface area contributed by atoms with Gasteiger partial charge in [-0.05, 0) is 74.4 Å². The van der Waals surface area contributed by atoms with E-state index in [0.29, 0.717) is 12.1 Å². The van der Waals surface area contributed by atoms with Crippen LogP contribution in [0.25, 0.3) is 11.1 Å². The van der Waals surface area contributed by atoms with Crippen LogP contribution in [0.5, 0.6) is 0 Å². The summed E-state index contributed by atoms with van der Waals surface area (Å²) in [5, 5.41) is 0. The van der Waals surface area contributed by atoms with Gasteiger partial charge >= 0.3 is 6.09 Å². The largest absolute Gasteiger partial charge is 0.444 e. The predicted octanol–water partition coefficient (Wildman–Crippen LogP) is 5.34. The molecule has 34 heavy (non-hydrogen) atoms. The van der Waals surface area contributed by atoms with Crippen molar-refractivity contribution in [3.63, 3.8) is 0 Å². The summed E-state index contributed by atoms with van der Waals surface area (Å²) in [5.41, 5.74) is 8.40. The molecule has 5 heteroatoms. The lowest BCUT2D eigenvalue weighted by Crippen LogP contribution is -2.66. The van der Waals surface area contributed by atoms with E-state index in [9.17, 15) is 4.79 Å². The number of fused-ring (bicyclic) bond motifs is 3. The quantitative estimate of drug-likeness (QED) is 0.525. The molecule has 2 aliphatic heterocycles. The van der Waals surface area contributed by atoms with Gasteiger partial charge in [0.1, 0.15) is 5.60 Å². The first-order valence-electron chi connectivity index (χ1n) is 13.0. The van der Waals surface area contributed by atoms with E-state index in [1.165, 1.54) is 28.8 Å². The molecule has 0 bridgehead atoms. The van der Waals surface area contributed by atoms with Crippen molar-refractivity contribution >= 4 is 11.8 Å². The number of anilines is 1. The van der Waals surface area contributed by atoms with Gasteiger partial charge in [-0.15, -0.1) is 0 Å². The molecule has 1 amide bonds. The van der Waals surface area contributed by atoms with Gasteiger partial charge in [0.05, 0.1) is 0 Å². The van der Waals surface area contributed by atoms with Crippen LogP contribution in [-0.2, 0) is 17.6 Å². The summed E-state index contributed by atoms with van der Waals surface area (Å²) in [4.78, 5) is 19.6. The van der Waals surface area contributed by atoms with Crippen molar-refractivity contribution < 1.29 is 9.53 Å². The maximum atomic E-state index is 12.5. The second kappa shape index (κ2) is 8.92. The van der Waals surface area contributed by atoms with Crippen LogP contribution in [0.3, 0.4) is 0 Å². The molecule has 2 fully saturated rings. The Hall–Kier alpha value is -2.53. The molecule has 5 nitrogen and oxygen atoms in total. The zero-order valence-corrected chi connectivity index (χ0v) is 21.4. The standard InChI is InChI=1S/C29H39N3O2/c1-6-9-25-26-16-21-10-7-8-11-23(21)24(26)12-13-27(25)31-18-22(19-31)32-15-14-30(17-20(32)2)28(33)34-29(3,4)5/h7-8,10-13,20,22H,6,9,14-19H2,1-5H3. The van der Waals surface area contributed by atoms with E-state index in [4.69, 9.17) is 4.74 Å². The summed E-state index contributed by atoms with van der Waals surface area (Å²) in [5.74, 6) is 0. The Morgan fingerprint density at radius 3 is 2.50 bits per heavy atom. The average Bonchev–Trinajstić information content (AvgIpc) is 3.13. The first-order chi connectivity index (χ1) is 16.2. The van der Waals surface area contributed by atoms with Gasteiger partial charge in [0.15, 0.2) is 0 Å². The van der Waals surface area contributed by atoms with Crippen LogP contribution in [0.2, 0.25) is 0 Å². The summed E-state index contributed by atoms with van der Waals surface area (Å²) in [7, 11) is 0. The Morgan fingerprint density at radius 2 is 1.79 bits per heavy atom. The van der Waals surface area contributed by atoms with Gasteiger partial charge in [-0.25, -0.2) is 4.79 Å². The molecule has 0 aromatic heterocycles. The molecule has 0 spiro atoms. The Kier molecular flexibility index (Phi) is 6.09. The van der Waals surface area contributed by atoms with E-state index in [2.05, 4.69) is 60.0 Å². The third-order valence-corrected chi connectivity index (χ3v) is 7.58. The van der Waals surface area contributed by atoms with Gasteiger partial charge in [0.2, 0.25) is 0 Å². The van der Waals surface area contributed by atoms with E-state index in [1.807, 2.05) is 25.7 Å². The number of amides is 1. The minimum Gasteiger partial charge on any atom is -0.444 e. The lowest BCUT2D eigenvalue weighted by atomic mass is 9.93. The topological polar surface area (TPSA) is 36.0 Å². The molecule has 2 aromatic rings. The fraction of sp³-hybridized carbons (Fsp3) is 0.552. The number of piperazine rings is 1. The van der Waals surface area contributed by atoms with E-state index < -0.39 is 5.60 Å². The molecule has 1 aliphatic carbocycles.